The molecule has 0 fully saturated rings. The number of thiazole rings is 1. The predicted molar refractivity (Wildman–Crippen MR) is 138 cm³/mol. The Balaban J connectivity index is 1.27. The molecule has 0 saturated heterocycles. The number of fused-ring (bicyclic) bond motifs is 4. The number of para-hydroxylation sites is 1. The minimum Gasteiger partial charge on any atom is -0.485 e. The molecule has 1 atom stereocenters. The maximum Gasteiger partial charge on any atom is 0.412 e. The van der Waals surface area contributed by atoms with Gasteiger partial charge in [-0.25, -0.2) is 24.1 Å². The summed E-state index contributed by atoms with van der Waals surface area (Å²) in [4.78, 5) is 25.9. The van der Waals surface area contributed by atoms with Gasteiger partial charge in [-0.3, -0.25) is 0 Å². The van der Waals surface area contributed by atoms with Crippen LogP contribution in [0, 0.1) is 12.7 Å². The monoisotopic (exact) mass is 516 g/mol. The third kappa shape index (κ3) is 4.40. The van der Waals surface area contributed by atoms with E-state index in [1.54, 1.807) is 37.6 Å². The summed E-state index contributed by atoms with van der Waals surface area (Å²) in [6, 6.07) is 14.1. The molecular formula is C27H21FN4O4S. The van der Waals surface area contributed by atoms with Crippen molar-refractivity contribution in [2.24, 2.45) is 0 Å². The standard InChI is InChI=1S/C27H21FN4O4S/c1-14-8-17(23-20(9-14)31-22(34-2)13-29-23)26-32-21-11-19(28)24-18(25(21)37-26)10-16(35-24)12-30-27(33)36-15-6-4-3-5-7-15/h3-9,11,13,16H,10,12H2,1-2H3,(H,30,33)/t16-/m0/s1. The fraction of sp³-hybridized carbons (Fsp3) is 0.185. The molecule has 1 aliphatic heterocycles. The van der Waals surface area contributed by atoms with Crippen LogP contribution in [0.2, 0.25) is 0 Å². The number of carbonyl (C=O) groups is 1. The average Bonchev–Trinajstić information content (AvgIpc) is 3.52. The lowest BCUT2D eigenvalue weighted by atomic mass is 10.1. The molecule has 1 aliphatic rings. The summed E-state index contributed by atoms with van der Waals surface area (Å²) in [5, 5.41) is 3.41. The van der Waals surface area contributed by atoms with E-state index in [0.717, 1.165) is 21.4 Å². The van der Waals surface area contributed by atoms with Crippen LogP contribution in [-0.2, 0) is 6.42 Å². The third-order valence-corrected chi connectivity index (χ3v) is 7.20. The Morgan fingerprint density at radius 2 is 2.03 bits per heavy atom. The molecule has 2 aromatic heterocycles. The van der Waals surface area contributed by atoms with Crippen molar-refractivity contribution >= 4 is 38.7 Å². The van der Waals surface area contributed by atoms with Gasteiger partial charge < -0.3 is 19.5 Å². The van der Waals surface area contributed by atoms with Crippen LogP contribution in [0.5, 0.6) is 17.4 Å². The van der Waals surface area contributed by atoms with Crippen LogP contribution in [0.15, 0.2) is 54.7 Å². The maximum absolute atomic E-state index is 15.0. The molecule has 37 heavy (non-hydrogen) atoms. The molecule has 186 valence electrons. The van der Waals surface area contributed by atoms with Gasteiger partial charge in [-0.05, 0) is 36.8 Å². The summed E-state index contributed by atoms with van der Waals surface area (Å²) in [6.45, 7) is 2.15. The second-order valence-electron chi connectivity index (χ2n) is 8.65. The molecule has 0 spiro atoms. The van der Waals surface area contributed by atoms with Crippen molar-refractivity contribution in [3.8, 4) is 28.0 Å². The quantitative estimate of drug-likeness (QED) is 0.332. The Morgan fingerprint density at radius 1 is 1.19 bits per heavy atom. The van der Waals surface area contributed by atoms with Crippen molar-refractivity contribution in [2.75, 3.05) is 13.7 Å². The Hall–Kier alpha value is -4.31. The molecule has 1 amide bonds. The van der Waals surface area contributed by atoms with E-state index in [1.807, 2.05) is 25.1 Å². The molecule has 0 unspecified atom stereocenters. The molecule has 8 nitrogen and oxygen atoms in total. The second-order valence-corrected chi connectivity index (χ2v) is 9.65. The molecule has 0 saturated carbocycles. The summed E-state index contributed by atoms with van der Waals surface area (Å²) in [6.07, 6.45) is 0.977. The number of nitrogens with one attached hydrogen (secondary N) is 1. The fourth-order valence-corrected chi connectivity index (χ4v) is 5.51. The molecule has 1 N–H and O–H groups in total. The zero-order chi connectivity index (χ0) is 25.5. The largest absolute Gasteiger partial charge is 0.485 e. The minimum atomic E-state index is -0.597. The van der Waals surface area contributed by atoms with E-state index in [1.165, 1.54) is 17.4 Å². The molecule has 10 heteroatoms. The number of rotatable bonds is 5. The highest BCUT2D eigenvalue weighted by molar-refractivity contribution is 7.22. The predicted octanol–water partition coefficient (Wildman–Crippen LogP) is 5.45. The van der Waals surface area contributed by atoms with Crippen molar-refractivity contribution in [3.05, 3.63) is 71.7 Å². The Kier molecular flexibility index (Phi) is 5.80. The lowest BCUT2D eigenvalue weighted by Gasteiger charge is -2.12. The smallest absolute Gasteiger partial charge is 0.412 e. The van der Waals surface area contributed by atoms with Gasteiger partial charge >= 0.3 is 6.09 Å². The number of amides is 1. The van der Waals surface area contributed by atoms with Crippen molar-refractivity contribution in [3.63, 3.8) is 0 Å². The van der Waals surface area contributed by atoms with E-state index in [2.05, 4.69) is 15.3 Å². The lowest BCUT2D eigenvalue weighted by molar-refractivity contribution is 0.184. The lowest BCUT2D eigenvalue weighted by Crippen LogP contribution is -2.36. The first kappa shape index (κ1) is 23.1. The Bertz CT molecular complexity index is 1660. The van der Waals surface area contributed by atoms with Crippen molar-refractivity contribution in [1.82, 2.24) is 20.3 Å². The maximum atomic E-state index is 15.0. The van der Waals surface area contributed by atoms with Gasteiger partial charge in [0.25, 0.3) is 0 Å². The second kappa shape index (κ2) is 9.29. The van der Waals surface area contributed by atoms with Crippen molar-refractivity contribution < 1.29 is 23.4 Å². The van der Waals surface area contributed by atoms with Gasteiger partial charge in [0.2, 0.25) is 5.88 Å². The van der Waals surface area contributed by atoms with E-state index in [0.29, 0.717) is 39.6 Å². The normalized spacial score (nSPS) is 14.4. The topological polar surface area (TPSA) is 95.5 Å². The fourth-order valence-electron chi connectivity index (χ4n) is 4.39. The van der Waals surface area contributed by atoms with E-state index >= 15 is 0 Å². The van der Waals surface area contributed by atoms with Crippen LogP contribution in [0.4, 0.5) is 9.18 Å². The summed E-state index contributed by atoms with van der Waals surface area (Å²) >= 11 is 1.46. The van der Waals surface area contributed by atoms with Crippen LogP contribution in [-0.4, -0.2) is 40.8 Å². The highest BCUT2D eigenvalue weighted by atomic mass is 32.1. The number of aromatic nitrogens is 3. The van der Waals surface area contributed by atoms with Crippen molar-refractivity contribution in [2.45, 2.75) is 19.4 Å². The number of halogens is 1. The number of aryl methyl sites for hydroxylation is 1. The van der Waals surface area contributed by atoms with Gasteiger partial charge in [-0.1, -0.05) is 18.2 Å². The van der Waals surface area contributed by atoms with Gasteiger partial charge in [0.15, 0.2) is 11.6 Å². The number of ether oxygens (including phenoxy) is 3. The summed E-state index contributed by atoms with van der Waals surface area (Å²) in [7, 11) is 1.55. The zero-order valence-corrected chi connectivity index (χ0v) is 20.8. The zero-order valence-electron chi connectivity index (χ0n) is 19.9. The number of carbonyl (C=O) groups excluding carboxylic acids is 1. The van der Waals surface area contributed by atoms with Crippen LogP contribution in [0.1, 0.15) is 11.1 Å². The van der Waals surface area contributed by atoms with Crippen LogP contribution in [0.25, 0.3) is 31.8 Å². The summed E-state index contributed by atoms with van der Waals surface area (Å²) < 4.78 is 32.2. The number of nitrogens with zero attached hydrogens (tertiary/aromatic N) is 3. The molecule has 3 heterocycles. The summed E-state index contributed by atoms with van der Waals surface area (Å²) in [5.74, 6) is 0.585. The van der Waals surface area contributed by atoms with Gasteiger partial charge in [0.1, 0.15) is 16.9 Å². The SMILES string of the molecule is COc1cnc2c(-c3nc4cc(F)c5c(c4s3)C[C@@H](CNC(=O)Oc3ccccc3)O5)cc(C)cc2n1. The molecular weight excluding hydrogens is 495 g/mol. The Labute approximate surface area is 215 Å². The number of methoxy groups -OCH3 is 1. The van der Waals surface area contributed by atoms with E-state index in [4.69, 9.17) is 19.2 Å². The number of hydrogen-bond donors (Lipinski definition) is 1. The van der Waals surface area contributed by atoms with Gasteiger partial charge in [-0.15, -0.1) is 11.3 Å². The third-order valence-electron chi connectivity index (χ3n) is 6.03. The molecule has 3 aromatic carbocycles. The number of benzene rings is 3. The molecule has 0 aliphatic carbocycles. The van der Waals surface area contributed by atoms with E-state index in [-0.39, 0.29) is 12.3 Å². The first-order valence-electron chi connectivity index (χ1n) is 11.6. The van der Waals surface area contributed by atoms with E-state index in [9.17, 15) is 9.18 Å². The first-order chi connectivity index (χ1) is 18.0. The highest BCUT2D eigenvalue weighted by Gasteiger charge is 2.30. The van der Waals surface area contributed by atoms with Gasteiger partial charge in [0.05, 0.1) is 41.1 Å². The average molecular weight is 517 g/mol. The first-order valence-corrected chi connectivity index (χ1v) is 12.4. The van der Waals surface area contributed by atoms with Gasteiger partial charge in [0, 0.05) is 23.6 Å². The van der Waals surface area contributed by atoms with Gasteiger partial charge in [-0.2, -0.15) is 0 Å². The highest BCUT2D eigenvalue weighted by Crippen LogP contribution is 2.43. The molecule has 6 rings (SSSR count). The van der Waals surface area contributed by atoms with Crippen LogP contribution >= 0.6 is 11.3 Å². The molecule has 5 aromatic rings. The number of hydrogen-bond acceptors (Lipinski definition) is 8. The minimum absolute atomic E-state index is 0.173. The van der Waals surface area contributed by atoms with E-state index < -0.39 is 18.0 Å². The summed E-state index contributed by atoms with van der Waals surface area (Å²) in [5.41, 5.74) is 4.50. The molecule has 0 radical (unpaired) electrons. The van der Waals surface area contributed by atoms with Crippen LogP contribution < -0.4 is 19.5 Å². The molecule has 0 bridgehead atoms. The van der Waals surface area contributed by atoms with Crippen molar-refractivity contribution in [1.29, 1.82) is 0 Å². The Morgan fingerprint density at radius 3 is 2.84 bits per heavy atom. The van der Waals surface area contributed by atoms with Crippen LogP contribution in [0.3, 0.4) is 0 Å².